The first-order valence-electron chi connectivity index (χ1n) is 6.92. The van der Waals surface area contributed by atoms with E-state index in [1.54, 1.807) is 0 Å². The van der Waals surface area contributed by atoms with Crippen LogP contribution in [0.1, 0.15) is 23.1 Å². The van der Waals surface area contributed by atoms with Crippen molar-refractivity contribution in [3.63, 3.8) is 0 Å². The number of rotatable bonds is 3. The molecule has 3 heteroatoms. The highest BCUT2D eigenvalue weighted by Gasteiger charge is 2.23. The zero-order valence-corrected chi connectivity index (χ0v) is 11.4. The third kappa shape index (κ3) is 2.44. The predicted octanol–water partition coefficient (Wildman–Crippen LogP) is 1.43. The summed E-state index contributed by atoms with van der Waals surface area (Å²) in [4.78, 5) is 4.93. The maximum absolute atomic E-state index is 3.41. The van der Waals surface area contributed by atoms with Gasteiger partial charge in [0.2, 0.25) is 0 Å². The molecule has 0 aromatic heterocycles. The van der Waals surface area contributed by atoms with Gasteiger partial charge in [0.25, 0.3) is 0 Å². The molecule has 1 atom stereocenters. The van der Waals surface area contributed by atoms with Gasteiger partial charge in [-0.1, -0.05) is 18.2 Å². The number of hydrogen-bond donors (Lipinski definition) is 1. The monoisotopic (exact) mass is 245 g/mol. The van der Waals surface area contributed by atoms with Crippen LogP contribution in [0.4, 0.5) is 0 Å². The van der Waals surface area contributed by atoms with Crippen molar-refractivity contribution in [2.75, 3.05) is 27.2 Å². The summed E-state index contributed by atoms with van der Waals surface area (Å²) >= 11 is 0. The fourth-order valence-electron chi connectivity index (χ4n) is 3.08. The van der Waals surface area contributed by atoms with Crippen LogP contribution in [0.25, 0.3) is 0 Å². The molecule has 1 saturated heterocycles. The average Bonchev–Trinajstić information content (AvgIpc) is 2.96. The van der Waals surface area contributed by atoms with Crippen LogP contribution in [-0.2, 0) is 19.6 Å². The number of benzene rings is 1. The number of likely N-dealkylation sites (tertiary alicyclic amines) is 1. The zero-order valence-electron chi connectivity index (χ0n) is 11.4. The Morgan fingerprint density at radius 2 is 2.11 bits per heavy atom. The topological polar surface area (TPSA) is 18.5 Å². The minimum absolute atomic E-state index is 0.737. The van der Waals surface area contributed by atoms with Gasteiger partial charge in [0.15, 0.2) is 0 Å². The highest BCUT2D eigenvalue weighted by molar-refractivity contribution is 5.34. The predicted molar refractivity (Wildman–Crippen MR) is 74.4 cm³/mol. The quantitative estimate of drug-likeness (QED) is 0.869. The lowest BCUT2D eigenvalue weighted by Gasteiger charge is -2.20. The van der Waals surface area contributed by atoms with Crippen molar-refractivity contribution in [1.82, 2.24) is 15.1 Å². The fourth-order valence-corrected chi connectivity index (χ4v) is 3.08. The second-order valence-corrected chi connectivity index (χ2v) is 5.85. The Morgan fingerprint density at radius 3 is 2.89 bits per heavy atom. The molecule has 2 aliphatic heterocycles. The van der Waals surface area contributed by atoms with Crippen LogP contribution < -0.4 is 5.32 Å². The van der Waals surface area contributed by atoms with Gasteiger partial charge in [0.05, 0.1) is 0 Å². The lowest BCUT2D eigenvalue weighted by atomic mass is 10.1. The smallest absolute Gasteiger partial charge is 0.0234 e. The molecule has 1 unspecified atom stereocenters. The van der Waals surface area contributed by atoms with Crippen molar-refractivity contribution >= 4 is 0 Å². The molecule has 1 fully saturated rings. The van der Waals surface area contributed by atoms with Crippen molar-refractivity contribution < 1.29 is 0 Å². The molecular weight excluding hydrogens is 222 g/mol. The molecule has 98 valence electrons. The van der Waals surface area contributed by atoms with Crippen molar-refractivity contribution in [3.8, 4) is 0 Å². The van der Waals surface area contributed by atoms with E-state index in [2.05, 4.69) is 47.4 Å². The standard InChI is InChI=1S/C15H23N3/c1-17(2)15-5-6-18(11-15)10-12-3-4-13-8-16-9-14(13)7-12/h3-4,7,15-16H,5-6,8-11H2,1-2H3. The minimum atomic E-state index is 0.737. The molecule has 18 heavy (non-hydrogen) atoms. The van der Waals surface area contributed by atoms with E-state index in [1.807, 2.05) is 0 Å². The van der Waals surface area contributed by atoms with E-state index in [1.165, 1.54) is 36.2 Å². The van der Waals surface area contributed by atoms with Gasteiger partial charge in [0.1, 0.15) is 0 Å². The lowest BCUT2D eigenvalue weighted by molar-refractivity contribution is 0.264. The van der Waals surface area contributed by atoms with Crippen LogP contribution in [0.15, 0.2) is 18.2 Å². The third-order valence-corrected chi connectivity index (χ3v) is 4.29. The molecule has 0 bridgehead atoms. The number of likely N-dealkylation sites (N-methyl/N-ethyl adjacent to an activating group) is 1. The summed E-state index contributed by atoms with van der Waals surface area (Å²) in [5, 5.41) is 3.41. The largest absolute Gasteiger partial charge is 0.309 e. The summed E-state index contributed by atoms with van der Waals surface area (Å²) in [5.41, 5.74) is 4.44. The van der Waals surface area contributed by atoms with Crippen LogP contribution in [0.5, 0.6) is 0 Å². The van der Waals surface area contributed by atoms with Gasteiger partial charge in [-0.05, 0) is 37.2 Å². The zero-order chi connectivity index (χ0) is 12.5. The van der Waals surface area contributed by atoms with Crippen molar-refractivity contribution in [2.24, 2.45) is 0 Å². The van der Waals surface area contributed by atoms with Crippen molar-refractivity contribution in [3.05, 3.63) is 34.9 Å². The molecular formula is C15H23N3. The van der Waals surface area contributed by atoms with Gasteiger partial charge in [-0.15, -0.1) is 0 Å². The maximum Gasteiger partial charge on any atom is 0.0234 e. The van der Waals surface area contributed by atoms with Crippen molar-refractivity contribution in [1.29, 1.82) is 0 Å². The minimum Gasteiger partial charge on any atom is -0.309 e. The SMILES string of the molecule is CN(C)C1CCN(Cc2ccc3c(c2)CNC3)C1. The summed E-state index contributed by atoms with van der Waals surface area (Å²) in [6.45, 7) is 5.64. The first kappa shape index (κ1) is 12.2. The molecule has 3 rings (SSSR count). The van der Waals surface area contributed by atoms with Gasteiger partial charge in [-0.2, -0.15) is 0 Å². The Balaban J connectivity index is 1.63. The Hall–Kier alpha value is -0.900. The van der Waals surface area contributed by atoms with E-state index in [4.69, 9.17) is 0 Å². The summed E-state index contributed by atoms with van der Waals surface area (Å²) in [7, 11) is 4.38. The molecule has 0 aliphatic carbocycles. The van der Waals surface area contributed by atoms with Gasteiger partial charge < -0.3 is 10.2 Å². The summed E-state index contributed by atoms with van der Waals surface area (Å²) in [5.74, 6) is 0. The normalized spacial score (nSPS) is 23.8. The first-order chi connectivity index (χ1) is 8.72. The van der Waals surface area contributed by atoms with E-state index >= 15 is 0 Å². The van der Waals surface area contributed by atoms with Gasteiger partial charge >= 0.3 is 0 Å². The molecule has 1 aromatic rings. The van der Waals surface area contributed by atoms with Gasteiger partial charge in [0, 0.05) is 38.8 Å². The second-order valence-electron chi connectivity index (χ2n) is 5.85. The van der Waals surface area contributed by atoms with Gasteiger partial charge in [-0.25, -0.2) is 0 Å². The van der Waals surface area contributed by atoms with E-state index in [0.29, 0.717) is 0 Å². The highest BCUT2D eigenvalue weighted by atomic mass is 15.2. The van der Waals surface area contributed by atoms with E-state index in [0.717, 1.165) is 25.7 Å². The first-order valence-corrected chi connectivity index (χ1v) is 6.92. The van der Waals surface area contributed by atoms with Crippen LogP contribution >= 0.6 is 0 Å². The Bertz CT molecular complexity index is 428. The number of nitrogens with one attached hydrogen (secondary N) is 1. The molecule has 0 radical (unpaired) electrons. The second kappa shape index (κ2) is 5.00. The molecule has 0 amide bonds. The number of hydrogen-bond acceptors (Lipinski definition) is 3. The number of fused-ring (bicyclic) bond motifs is 1. The lowest BCUT2D eigenvalue weighted by Crippen LogP contribution is -2.31. The highest BCUT2D eigenvalue weighted by Crippen LogP contribution is 2.20. The average molecular weight is 245 g/mol. The van der Waals surface area contributed by atoms with E-state index in [-0.39, 0.29) is 0 Å². The van der Waals surface area contributed by atoms with Crippen LogP contribution in [0.3, 0.4) is 0 Å². The molecule has 3 nitrogen and oxygen atoms in total. The summed E-state index contributed by atoms with van der Waals surface area (Å²) < 4.78 is 0. The summed E-state index contributed by atoms with van der Waals surface area (Å²) in [6.07, 6.45) is 1.31. The molecule has 2 aliphatic rings. The Kier molecular flexibility index (Phi) is 3.37. The van der Waals surface area contributed by atoms with Crippen molar-refractivity contribution in [2.45, 2.75) is 32.1 Å². The van der Waals surface area contributed by atoms with Gasteiger partial charge in [-0.3, -0.25) is 4.90 Å². The Morgan fingerprint density at radius 1 is 1.28 bits per heavy atom. The molecule has 1 aromatic carbocycles. The number of nitrogens with zero attached hydrogens (tertiary/aromatic N) is 2. The molecule has 0 spiro atoms. The fraction of sp³-hybridized carbons (Fsp3) is 0.600. The molecule has 1 N–H and O–H groups in total. The summed E-state index contributed by atoms with van der Waals surface area (Å²) in [6, 6.07) is 7.72. The van der Waals surface area contributed by atoms with Crippen LogP contribution in [0.2, 0.25) is 0 Å². The Labute approximate surface area is 110 Å². The van der Waals surface area contributed by atoms with E-state index < -0.39 is 0 Å². The third-order valence-electron chi connectivity index (χ3n) is 4.29. The maximum atomic E-state index is 3.41. The van der Waals surface area contributed by atoms with Crippen LogP contribution in [-0.4, -0.2) is 43.0 Å². The molecule has 0 saturated carbocycles. The molecule has 2 heterocycles. The van der Waals surface area contributed by atoms with E-state index in [9.17, 15) is 0 Å². The van der Waals surface area contributed by atoms with Crippen LogP contribution in [0, 0.1) is 0 Å².